The lowest BCUT2D eigenvalue weighted by Gasteiger charge is -2.32. The van der Waals surface area contributed by atoms with Crippen molar-refractivity contribution in [3.63, 3.8) is 0 Å². The molecule has 0 amide bonds. The maximum atomic E-state index is 11.4. The van der Waals surface area contributed by atoms with Crippen LogP contribution >= 0.6 is 58.0 Å². The van der Waals surface area contributed by atoms with E-state index in [-0.39, 0.29) is 26.5 Å². The molecule has 0 fully saturated rings. The van der Waals surface area contributed by atoms with Gasteiger partial charge in [-0.3, -0.25) is 0 Å². The number of nitrogens with two attached hydrogens (primary N) is 1. The fourth-order valence-corrected chi connectivity index (χ4v) is 2.66. The molecule has 0 aliphatic carbocycles. The molecule has 11 heteroatoms. The van der Waals surface area contributed by atoms with E-state index < -0.39 is 20.1 Å². The summed E-state index contributed by atoms with van der Waals surface area (Å²) in [6.45, 7) is 0. The number of ether oxygens (including phenoxy) is 2. The molecule has 0 spiro atoms. The van der Waals surface area contributed by atoms with Crippen molar-refractivity contribution in [1.82, 2.24) is 0 Å². The Hall–Kier alpha value is -0.0800. The van der Waals surface area contributed by atoms with E-state index >= 15 is 0 Å². The number of fused-ring (bicyclic) bond motifs is 1. The Morgan fingerprint density at radius 1 is 1.19 bits per heavy atom. The summed E-state index contributed by atoms with van der Waals surface area (Å²) in [6.07, 6.45) is -1.31. The normalized spacial score (nSPS) is 18.6. The van der Waals surface area contributed by atoms with Crippen LogP contribution in [0.3, 0.4) is 0 Å². The fraction of sp³-hybridized carbons (Fsp3) is 0.200. The summed E-state index contributed by atoms with van der Waals surface area (Å²) in [5, 5.41) is 5.05. The minimum atomic E-state index is -3.93. The molecule has 1 aromatic carbocycles. The molecule has 1 aromatic rings. The maximum Gasteiger partial charge on any atom is 0.288 e. The molecule has 5 nitrogen and oxygen atoms in total. The molecular weight excluding hydrogens is 407 g/mol. The number of rotatable bonds is 1. The lowest BCUT2D eigenvalue weighted by molar-refractivity contribution is -0.0248. The summed E-state index contributed by atoms with van der Waals surface area (Å²) in [4.78, 5) is -0.173. The fourth-order valence-electron chi connectivity index (χ4n) is 1.56. The average Bonchev–Trinajstić information content (AvgIpc) is 2.34. The highest BCUT2D eigenvalue weighted by molar-refractivity contribution is 7.89. The lowest BCUT2D eigenvalue weighted by atomic mass is 10.1. The second-order valence-electron chi connectivity index (χ2n) is 3.90. The number of sulfonamides is 1. The Morgan fingerprint density at radius 2 is 1.81 bits per heavy atom. The summed E-state index contributed by atoms with van der Waals surface area (Å²) >= 11 is 28.6. The lowest BCUT2D eigenvalue weighted by Crippen LogP contribution is -2.37. The van der Waals surface area contributed by atoms with Gasteiger partial charge >= 0.3 is 0 Å². The van der Waals surface area contributed by atoms with Crippen LogP contribution < -0.4 is 9.88 Å². The van der Waals surface area contributed by atoms with E-state index in [1.807, 2.05) is 0 Å². The van der Waals surface area contributed by atoms with Crippen molar-refractivity contribution in [2.45, 2.75) is 15.0 Å². The van der Waals surface area contributed by atoms with Crippen molar-refractivity contribution < 1.29 is 17.9 Å². The zero-order valence-corrected chi connectivity index (χ0v) is 14.4. The van der Waals surface area contributed by atoms with E-state index in [9.17, 15) is 8.42 Å². The summed E-state index contributed by atoms with van der Waals surface area (Å²) in [5.74, 6) is 0.0974. The Bertz CT molecular complexity index is 709. The van der Waals surface area contributed by atoms with E-state index in [1.54, 1.807) is 0 Å². The maximum absolute atomic E-state index is 11.4. The summed E-state index contributed by atoms with van der Waals surface area (Å²) in [5.41, 5.74) is 0.173. The first kappa shape index (κ1) is 17.3. The van der Waals surface area contributed by atoms with Crippen molar-refractivity contribution in [1.29, 1.82) is 0 Å². The Kier molecular flexibility index (Phi) is 4.81. The predicted octanol–water partition coefficient (Wildman–Crippen LogP) is 3.54. The van der Waals surface area contributed by atoms with Crippen LogP contribution in [0.5, 0.6) is 5.75 Å². The first-order chi connectivity index (χ1) is 9.50. The monoisotopic (exact) mass is 411 g/mol. The third kappa shape index (κ3) is 3.82. The van der Waals surface area contributed by atoms with Gasteiger partial charge in [0.25, 0.3) is 10.1 Å². The zero-order valence-electron chi connectivity index (χ0n) is 9.82. The third-order valence-corrected chi connectivity index (χ3v) is 4.21. The van der Waals surface area contributed by atoms with Gasteiger partial charge in [0.1, 0.15) is 10.2 Å². The molecule has 116 valence electrons. The molecule has 1 aliphatic heterocycles. The molecule has 0 radical (unpaired) electrons. The highest BCUT2D eigenvalue weighted by Crippen LogP contribution is 2.44. The molecule has 21 heavy (non-hydrogen) atoms. The molecule has 1 atom stereocenters. The first-order valence-corrected chi connectivity index (χ1v) is 8.56. The van der Waals surface area contributed by atoms with Gasteiger partial charge in [-0.15, -0.1) is 0 Å². The smallest absolute Gasteiger partial charge is 0.288 e. The summed E-state index contributed by atoms with van der Waals surface area (Å²) in [7, 11) is -3.93. The molecule has 2 N–H and O–H groups in total. The van der Waals surface area contributed by atoms with Gasteiger partial charge in [0.05, 0.1) is 10.5 Å². The van der Waals surface area contributed by atoms with Crippen LogP contribution in [-0.2, 0) is 14.8 Å². The Labute approximate surface area is 145 Å². The summed E-state index contributed by atoms with van der Waals surface area (Å²) in [6, 6.07) is 3.76. The van der Waals surface area contributed by atoms with Gasteiger partial charge in [-0.25, -0.2) is 13.6 Å². The molecule has 2 rings (SSSR count). The quantitative estimate of drug-likeness (QED) is 0.715. The Morgan fingerprint density at radius 3 is 2.29 bits per heavy atom. The minimum Gasteiger partial charge on any atom is -0.450 e. The van der Waals surface area contributed by atoms with Crippen LogP contribution in [0.4, 0.5) is 0 Å². The number of halogens is 5. The number of hydrogen-bond donors (Lipinski definition) is 1. The van der Waals surface area contributed by atoms with Gasteiger partial charge in [-0.05, 0) is 18.2 Å². The minimum absolute atomic E-state index is 0.0820. The van der Waals surface area contributed by atoms with Gasteiger partial charge < -0.3 is 9.47 Å². The molecule has 0 saturated carbocycles. The van der Waals surface area contributed by atoms with Crippen LogP contribution in [0.2, 0.25) is 0 Å². The van der Waals surface area contributed by atoms with Crippen LogP contribution in [-0.4, -0.2) is 18.5 Å². The number of primary sulfonamides is 1. The molecule has 0 bridgehead atoms. The molecule has 1 aliphatic rings. The van der Waals surface area contributed by atoms with Crippen LogP contribution in [0.15, 0.2) is 27.6 Å². The highest BCUT2D eigenvalue weighted by atomic mass is 35.6. The third-order valence-electron chi connectivity index (χ3n) is 2.42. The van der Waals surface area contributed by atoms with E-state index in [4.69, 9.17) is 72.6 Å². The van der Waals surface area contributed by atoms with Crippen molar-refractivity contribution in [3.8, 4) is 5.75 Å². The first-order valence-electron chi connectivity index (χ1n) is 5.12. The summed E-state index contributed by atoms with van der Waals surface area (Å²) < 4.78 is 31.1. The van der Waals surface area contributed by atoms with E-state index in [1.165, 1.54) is 18.2 Å². The molecule has 1 unspecified atom stereocenters. The topological polar surface area (TPSA) is 78.6 Å². The molecular formula is C10H6Cl5NO4S. The van der Waals surface area contributed by atoms with Crippen molar-refractivity contribution in [2.24, 2.45) is 5.14 Å². The van der Waals surface area contributed by atoms with E-state index in [0.29, 0.717) is 0 Å². The zero-order chi connectivity index (χ0) is 16.0. The average molecular weight is 413 g/mol. The second kappa shape index (κ2) is 5.85. The predicted molar refractivity (Wildman–Crippen MR) is 82.2 cm³/mol. The van der Waals surface area contributed by atoms with E-state index in [2.05, 4.69) is 0 Å². The van der Waals surface area contributed by atoms with Gasteiger partial charge in [0, 0.05) is 0 Å². The largest absolute Gasteiger partial charge is 0.450 e. The molecule has 0 aromatic heterocycles. The Balaban J connectivity index is 2.60. The number of benzene rings is 1. The van der Waals surface area contributed by atoms with Crippen molar-refractivity contribution >= 4 is 73.8 Å². The standard InChI is InChI=1S/C10H6Cl5NO4S/c11-8(12)7-5-3-4(21(16,17)18)1-2-6(5)19-9(20-7)10(13,14)15/h1-3,9H,(H2,16,17,18). The van der Waals surface area contributed by atoms with Crippen LogP contribution in [0.1, 0.15) is 5.56 Å². The molecule has 1 heterocycles. The molecule has 0 saturated heterocycles. The van der Waals surface area contributed by atoms with Gasteiger partial charge in [0.2, 0.25) is 10.0 Å². The van der Waals surface area contributed by atoms with E-state index in [0.717, 1.165) is 0 Å². The van der Waals surface area contributed by atoms with Crippen molar-refractivity contribution in [2.75, 3.05) is 0 Å². The second-order valence-corrected chi connectivity index (χ2v) is 8.78. The van der Waals surface area contributed by atoms with Gasteiger partial charge in [0.15, 0.2) is 5.76 Å². The van der Waals surface area contributed by atoms with Crippen molar-refractivity contribution in [3.05, 3.63) is 28.3 Å². The van der Waals surface area contributed by atoms with Gasteiger partial charge in [-0.2, -0.15) is 0 Å². The van der Waals surface area contributed by atoms with Crippen LogP contribution in [0, 0.1) is 0 Å². The van der Waals surface area contributed by atoms with Gasteiger partial charge in [-0.1, -0.05) is 58.0 Å². The number of hydrogen-bond acceptors (Lipinski definition) is 4. The highest BCUT2D eigenvalue weighted by Gasteiger charge is 2.41. The number of alkyl halides is 3. The SMILES string of the molecule is NS(=O)(=O)c1ccc2c(c1)C(=C(Cl)Cl)OC(C(Cl)(Cl)Cl)O2. The van der Waals surface area contributed by atoms with Crippen LogP contribution in [0.25, 0.3) is 5.76 Å².